The molecule has 6 rings (SSSR count). The smallest absolute Gasteiger partial charge is 0.271 e. The number of amides is 2. The van der Waals surface area contributed by atoms with Crippen LogP contribution in [0, 0.1) is 5.92 Å². The number of piperidine rings is 1. The first-order valence-corrected chi connectivity index (χ1v) is 13.5. The van der Waals surface area contributed by atoms with Crippen LogP contribution in [0.4, 0.5) is 0 Å². The highest BCUT2D eigenvalue weighted by atomic mass is 16.2. The largest absolute Gasteiger partial charge is 0.351 e. The average molecular weight is 535 g/mol. The molecule has 10 nitrogen and oxygen atoms in total. The van der Waals surface area contributed by atoms with Crippen LogP contribution < -0.4 is 5.32 Å². The fourth-order valence-corrected chi connectivity index (χ4v) is 5.64. The summed E-state index contributed by atoms with van der Waals surface area (Å²) in [4.78, 5) is 52.3. The van der Waals surface area contributed by atoms with Gasteiger partial charge in [0.15, 0.2) is 0 Å². The van der Waals surface area contributed by atoms with E-state index in [9.17, 15) is 9.59 Å². The molecule has 202 valence electrons. The van der Waals surface area contributed by atoms with Crippen LogP contribution in [0.3, 0.4) is 0 Å². The number of likely N-dealkylation sites (tertiary alicyclic amines) is 1. The molecule has 3 aliphatic heterocycles. The number of aliphatic imine (C=N–C) groups is 2. The molecule has 3 aromatic rings. The Kier molecular flexibility index (Phi) is 7.13. The van der Waals surface area contributed by atoms with Gasteiger partial charge >= 0.3 is 0 Å². The number of carbonyl (C=O) groups excluding carboxylic acids is 2. The van der Waals surface area contributed by atoms with Crippen LogP contribution in [-0.4, -0.2) is 75.4 Å². The maximum atomic E-state index is 14.0. The first kappa shape index (κ1) is 25.5. The van der Waals surface area contributed by atoms with E-state index in [2.05, 4.69) is 35.2 Å². The van der Waals surface area contributed by atoms with Gasteiger partial charge in [-0.15, -0.1) is 0 Å². The highest BCUT2D eigenvalue weighted by Gasteiger charge is 2.44. The molecule has 1 fully saturated rings. The number of aromatic nitrogens is 3. The van der Waals surface area contributed by atoms with E-state index in [0.717, 1.165) is 40.9 Å². The molecule has 1 N–H and O–H groups in total. The van der Waals surface area contributed by atoms with Crippen molar-refractivity contribution in [3.63, 3.8) is 0 Å². The Morgan fingerprint density at radius 2 is 1.82 bits per heavy atom. The second kappa shape index (κ2) is 11.2. The summed E-state index contributed by atoms with van der Waals surface area (Å²) in [5.74, 6) is -0.252. The van der Waals surface area contributed by atoms with Gasteiger partial charge in [0.2, 0.25) is 0 Å². The quantitative estimate of drug-likeness (QED) is 0.520. The number of pyridine rings is 1. The Labute approximate surface area is 232 Å². The topological polar surface area (TPSA) is 116 Å². The summed E-state index contributed by atoms with van der Waals surface area (Å²) in [6.07, 6.45) is 11.4. The maximum Gasteiger partial charge on any atom is 0.271 e. The zero-order chi connectivity index (χ0) is 27.5. The van der Waals surface area contributed by atoms with E-state index >= 15 is 0 Å². The molecular weight excluding hydrogens is 504 g/mol. The number of nitrogens with zero attached hydrogens (tertiary/aromatic N) is 7. The van der Waals surface area contributed by atoms with Gasteiger partial charge in [0.25, 0.3) is 11.8 Å². The van der Waals surface area contributed by atoms with Crippen molar-refractivity contribution in [3.8, 4) is 0 Å². The predicted molar refractivity (Wildman–Crippen MR) is 151 cm³/mol. The van der Waals surface area contributed by atoms with E-state index in [-0.39, 0.29) is 35.5 Å². The number of nitrogens with one attached hydrogen (secondary N) is 1. The van der Waals surface area contributed by atoms with Gasteiger partial charge in [-0.05, 0) is 30.0 Å². The lowest BCUT2D eigenvalue weighted by Gasteiger charge is -2.33. The van der Waals surface area contributed by atoms with Crippen LogP contribution in [-0.2, 0) is 11.3 Å². The van der Waals surface area contributed by atoms with Crippen LogP contribution in [0.2, 0.25) is 0 Å². The van der Waals surface area contributed by atoms with Crippen LogP contribution >= 0.6 is 0 Å². The van der Waals surface area contributed by atoms with E-state index in [4.69, 9.17) is 0 Å². The maximum absolute atomic E-state index is 14.0. The van der Waals surface area contributed by atoms with Crippen LogP contribution in [0.15, 0.2) is 82.8 Å². The molecule has 0 radical (unpaired) electrons. The summed E-state index contributed by atoms with van der Waals surface area (Å²) in [6, 6.07) is 13.7. The molecule has 5 heterocycles. The van der Waals surface area contributed by atoms with Gasteiger partial charge in [-0.2, -0.15) is 0 Å². The average Bonchev–Trinajstić information content (AvgIpc) is 3.32. The molecule has 0 bridgehead atoms. The molecule has 0 aliphatic carbocycles. The lowest BCUT2D eigenvalue weighted by Crippen LogP contribution is -2.41. The summed E-state index contributed by atoms with van der Waals surface area (Å²) >= 11 is 0. The van der Waals surface area contributed by atoms with Crippen LogP contribution in [0.25, 0.3) is 5.70 Å². The second-order valence-electron chi connectivity index (χ2n) is 10.2. The van der Waals surface area contributed by atoms with Crippen molar-refractivity contribution in [1.82, 2.24) is 30.1 Å². The Hall–Kier alpha value is -4.73. The number of hydrogen-bond donors (Lipinski definition) is 1. The minimum Gasteiger partial charge on any atom is -0.351 e. The molecule has 1 saturated heterocycles. The standard InChI is InChI=1S/C30H30N8O2/c1-37-27(22-7-3-2-4-8-22)26(23-16-32-19-36-28(23)37)30(40)38-12-9-21(10-13-38)24-17-34-25(18-33-24)29(39)35-15-20-6-5-11-31-14-20/h2-8,11,14,16-19,21,23,28H,9-10,12-13,15H2,1H3,(H,35,39). The fourth-order valence-electron chi connectivity index (χ4n) is 5.64. The number of rotatable bonds is 6. The third-order valence-electron chi connectivity index (χ3n) is 7.75. The third kappa shape index (κ3) is 5.00. The van der Waals surface area contributed by atoms with Crippen molar-refractivity contribution in [2.75, 3.05) is 20.1 Å². The van der Waals surface area contributed by atoms with Gasteiger partial charge in [0.05, 0.1) is 29.1 Å². The minimum atomic E-state index is -0.277. The predicted octanol–water partition coefficient (Wildman–Crippen LogP) is 2.92. The van der Waals surface area contributed by atoms with Crippen molar-refractivity contribution in [1.29, 1.82) is 0 Å². The molecule has 3 aliphatic rings. The summed E-state index contributed by atoms with van der Waals surface area (Å²) in [7, 11) is 1.99. The molecule has 0 spiro atoms. The normalized spacial score (nSPS) is 20.5. The Bertz CT molecular complexity index is 1460. The van der Waals surface area contributed by atoms with Crippen molar-refractivity contribution in [3.05, 3.63) is 95.3 Å². The summed E-state index contributed by atoms with van der Waals surface area (Å²) in [5.41, 5.74) is 4.69. The fraction of sp³-hybridized carbons (Fsp3) is 0.300. The van der Waals surface area contributed by atoms with Crippen LogP contribution in [0.5, 0.6) is 0 Å². The van der Waals surface area contributed by atoms with E-state index in [0.29, 0.717) is 19.6 Å². The van der Waals surface area contributed by atoms with Gasteiger partial charge in [-0.25, -0.2) is 15.0 Å². The number of fused-ring (bicyclic) bond motifs is 1. The molecule has 40 heavy (non-hydrogen) atoms. The molecule has 2 unspecified atom stereocenters. The van der Waals surface area contributed by atoms with Crippen molar-refractivity contribution >= 4 is 30.1 Å². The Morgan fingerprint density at radius 1 is 1.00 bits per heavy atom. The Balaban J connectivity index is 1.12. The highest BCUT2D eigenvalue weighted by molar-refractivity contribution is 6.07. The summed E-state index contributed by atoms with van der Waals surface area (Å²) in [5, 5.41) is 2.85. The first-order chi connectivity index (χ1) is 19.6. The van der Waals surface area contributed by atoms with Crippen molar-refractivity contribution < 1.29 is 9.59 Å². The molecule has 0 saturated carbocycles. The monoisotopic (exact) mass is 534 g/mol. The SMILES string of the molecule is CN1C(c2ccccc2)=C(C(=O)N2CCC(c3cnc(C(=O)NCc4cccnc4)cn3)CC2)C2C=NC=NC21. The summed E-state index contributed by atoms with van der Waals surface area (Å²) < 4.78 is 0. The molecule has 2 atom stereocenters. The lowest BCUT2D eigenvalue weighted by molar-refractivity contribution is -0.128. The molecular formula is C30H30N8O2. The van der Waals surface area contributed by atoms with Gasteiger partial charge in [-0.1, -0.05) is 36.4 Å². The molecule has 2 aromatic heterocycles. The zero-order valence-corrected chi connectivity index (χ0v) is 22.2. The van der Waals surface area contributed by atoms with Crippen LogP contribution in [0.1, 0.15) is 46.1 Å². The minimum absolute atomic E-state index is 0.0342. The van der Waals surface area contributed by atoms with Gasteiger partial charge in [0, 0.05) is 57.4 Å². The highest BCUT2D eigenvalue weighted by Crippen LogP contribution is 2.41. The lowest BCUT2D eigenvalue weighted by atomic mass is 9.91. The van der Waals surface area contributed by atoms with E-state index < -0.39 is 0 Å². The van der Waals surface area contributed by atoms with Crippen molar-refractivity contribution in [2.45, 2.75) is 31.5 Å². The third-order valence-corrected chi connectivity index (χ3v) is 7.75. The van der Waals surface area contributed by atoms with E-state index in [1.807, 2.05) is 60.6 Å². The van der Waals surface area contributed by atoms with E-state index in [1.165, 1.54) is 6.20 Å². The van der Waals surface area contributed by atoms with Crippen molar-refractivity contribution in [2.24, 2.45) is 15.9 Å². The van der Waals surface area contributed by atoms with Gasteiger partial charge < -0.3 is 15.1 Å². The van der Waals surface area contributed by atoms with Gasteiger partial charge in [0.1, 0.15) is 18.2 Å². The first-order valence-electron chi connectivity index (χ1n) is 13.5. The zero-order valence-electron chi connectivity index (χ0n) is 22.2. The number of carbonyl (C=O) groups is 2. The molecule has 1 aromatic carbocycles. The molecule has 2 amide bonds. The number of hydrogen-bond acceptors (Lipinski definition) is 8. The Morgan fingerprint density at radius 3 is 2.55 bits per heavy atom. The molecule has 10 heteroatoms. The number of benzene rings is 1. The summed E-state index contributed by atoms with van der Waals surface area (Å²) in [6.45, 7) is 1.61. The van der Waals surface area contributed by atoms with Gasteiger partial charge in [-0.3, -0.25) is 19.6 Å². The van der Waals surface area contributed by atoms with E-state index in [1.54, 1.807) is 24.9 Å². The second-order valence-corrected chi connectivity index (χ2v) is 10.2.